The molecule has 0 aliphatic carbocycles. The van der Waals surface area contributed by atoms with E-state index in [1.807, 2.05) is 30.3 Å². The molecule has 0 aliphatic heterocycles. The van der Waals surface area contributed by atoms with Crippen molar-refractivity contribution < 1.29 is 18.7 Å². The zero-order valence-corrected chi connectivity index (χ0v) is 14.2. The molecule has 0 amide bonds. The number of hydrogen-bond donors (Lipinski definition) is 2. The van der Waals surface area contributed by atoms with E-state index < -0.39 is 13.4 Å². The first-order valence-corrected chi connectivity index (χ1v) is 9.20. The number of hydrogen-bond acceptors (Lipinski definition) is 5. The van der Waals surface area contributed by atoms with E-state index in [4.69, 9.17) is 9.05 Å². The topological polar surface area (TPSA) is 67.8 Å². The van der Waals surface area contributed by atoms with Gasteiger partial charge in [-0.05, 0) is 31.5 Å². The highest BCUT2D eigenvalue weighted by atomic mass is 31.2. The third kappa shape index (κ3) is 4.35. The monoisotopic (exact) mass is 335 g/mol. The maximum absolute atomic E-state index is 13.2. The SMILES string of the molecule is CCOP(=O)(OCC)C(Nc1ccccc1O)c1ccccc1. The van der Waals surface area contributed by atoms with Crippen molar-refractivity contribution in [3.05, 3.63) is 60.2 Å². The summed E-state index contributed by atoms with van der Waals surface area (Å²) in [6.07, 6.45) is 0. The molecule has 23 heavy (non-hydrogen) atoms. The van der Waals surface area contributed by atoms with Crippen LogP contribution in [-0.2, 0) is 13.6 Å². The molecule has 0 saturated heterocycles. The molecule has 0 aromatic heterocycles. The highest BCUT2D eigenvalue weighted by molar-refractivity contribution is 7.54. The summed E-state index contributed by atoms with van der Waals surface area (Å²) in [7, 11) is -3.46. The van der Waals surface area contributed by atoms with Gasteiger partial charge in [-0.25, -0.2) is 0 Å². The molecule has 0 bridgehead atoms. The largest absolute Gasteiger partial charge is 0.506 e. The van der Waals surface area contributed by atoms with Crippen LogP contribution >= 0.6 is 7.60 Å². The summed E-state index contributed by atoms with van der Waals surface area (Å²) in [5.74, 6) is -0.634. The molecule has 2 aromatic rings. The van der Waals surface area contributed by atoms with Gasteiger partial charge in [0.15, 0.2) is 5.78 Å². The smallest absolute Gasteiger partial charge is 0.357 e. The van der Waals surface area contributed by atoms with Gasteiger partial charge in [-0.1, -0.05) is 42.5 Å². The van der Waals surface area contributed by atoms with E-state index in [9.17, 15) is 9.67 Å². The second kappa shape index (κ2) is 8.16. The van der Waals surface area contributed by atoms with Gasteiger partial charge in [0.05, 0.1) is 18.9 Å². The number of phenolic OH excluding ortho intramolecular Hbond substituents is 1. The second-order valence-corrected chi connectivity index (χ2v) is 6.96. The van der Waals surface area contributed by atoms with E-state index in [-0.39, 0.29) is 19.0 Å². The fourth-order valence-corrected chi connectivity index (χ4v) is 4.20. The Bertz CT molecular complexity index is 653. The lowest BCUT2D eigenvalue weighted by molar-refractivity contribution is 0.214. The van der Waals surface area contributed by atoms with Crippen LogP contribution in [-0.4, -0.2) is 18.3 Å². The summed E-state index contributed by atoms with van der Waals surface area (Å²) < 4.78 is 24.2. The first-order chi connectivity index (χ1) is 11.1. The Kier molecular flexibility index (Phi) is 6.22. The minimum Gasteiger partial charge on any atom is -0.506 e. The number of phenols is 1. The standard InChI is InChI=1S/C17H22NO4P/c1-3-21-23(20,22-4-2)17(14-10-6-5-7-11-14)18-15-12-8-9-13-16(15)19/h5-13,17-19H,3-4H2,1-2H3. The van der Waals surface area contributed by atoms with Gasteiger partial charge in [0.25, 0.3) is 0 Å². The summed E-state index contributed by atoms with van der Waals surface area (Å²) >= 11 is 0. The van der Waals surface area contributed by atoms with Crippen LogP contribution in [0, 0.1) is 0 Å². The second-order valence-electron chi connectivity index (χ2n) is 4.85. The molecule has 0 fully saturated rings. The molecule has 2 rings (SSSR count). The maximum Gasteiger partial charge on any atom is 0.357 e. The summed E-state index contributed by atoms with van der Waals surface area (Å²) in [5, 5.41) is 13.1. The number of nitrogens with one attached hydrogen (secondary N) is 1. The fraction of sp³-hybridized carbons (Fsp3) is 0.294. The van der Waals surface area contributed by atoms with Crippen LogP contribution < -0.4 is 5.32 Å². The quantitative estimate of drug-likeness (QED) is 0.537. The van der Waals surface area contributed by atoms with Crippen molar-refractivity contribution >= 4 is 13.3 Å². The van der Waals surface area contributed by atoms with Crippen LogP contribution in [0.3, 0.4) is 0 Å². The van der Waals surface area contributed by atoms with Crippen molar-refractivity contribution in [1.82, 2.24) is 0 Å². The normalized spacial score (nSPS) is 12.8. The number of aromatic hydroxyl groups is 1. The number of benzene rings is 2. The molecule has 2 aromatic carbocycles. The predicted octanol–water partition coefficient (Wildman–Crippen LogP) is 4.77. The van der Waals surface area contributed by atoms with Gasteiger partial charge in [0.1, 0.15) is 5.75 Å². The maximum atomic E-state index is 13.2. The third-order valence-electron chi connectivity index (χ3n) is 3.25. The first-order valence-electron chi connectivity index (χ1n) is 7.59. The Morgan fingerprint density at radius 2 is 1.57 bits per heavy atom. The van der Waals surface area contributed by atoms with Crippen molar-refractivity contribution in [2.24, 2.45) is 0 Å². The molecule has 1 atom stereocenters. The predicted molar refractivity (Wildman–Crippen MR) is 91.8 cm³/mol. The van der Waals surface area contributed by atoms with Gasteiger partial charge in [0, 0.05) is 0 Å². The number of anilines is 1. The zero-order valence-electron chi connectivity index (χ0n) is 13.3. The van der Waals surface area contributed by atoms with Crippen molar-refractivity contribution in [3.8, 4) is 5.75 Å². The Labute approximate surface area is 136 Å². The Hall–Kier alpha value is -1.81. The molecular formula is C17H22NO4P. The van der Waals surface area contributed by atoms with Gasteiger partial charge in [0.2, 0.25) is 0 Å². The van der Waals surface area contributed by atoms with Gasteiger partial charge in [-0.3, -0.25) is 4.57 Å². The van der Waals surface area contributed by atoms with Crippen LogP contribution in [0.4, 0.5) is 5.69 Å². The summed E-state index contributed by atoms with van der Waals surface area (Å²) in [4.78, 5) is 0. The van der Waals surface area contributed by atoms with Gasteiger partial charge >= 0.3 is 7.60 Å². The molecule has 5 nitrogen and oxygen atoms in total. The highest BCUT2D eigenvalue weighted by Crippen LogP contribution is 2.61. The molecule has 6 heteroatoms. The molecule has 0 aliphatic rings. The van der Waals surface area contributed by atoms with E-state index in [1.54, 1.807) is 38.1 Å². The van der Waals surface area contributed by atoms with Crippen molar-refractivity contribution in [2.45, 2.75) is 19.6 Å². The average Bonchev–Trinajstić information content (AvgIpc) is 2.55. The van der Waals surface area contributed by atoms with E-state index in [1.165, 1.54) is 0 Å². The average molecular weight is 335 g/mol. The van der Waals surface area contributed by atoms with Crippen LogP contribution in [0.1, 0.15) is 25.2 Å². The third-order valence-corrected chi connectivity index (χ3v) is 5.54. The van der Waals surface area contributed by atoms with Crippen molar-refractivity contribution in [2.75, 3.05) is 18.5 Å². The van der Waals surface area contributed by atoms with Crippen molar-refractivity contribution in [1.29, 1.82) is 0 Å². The molecule has 0 spiro atoms. The van der Waals surface area contributed by atoms with Gasteiger partial charge in [-0.15, -0.1) is 0 Å². The van der Waals surface area contributed by atoms with Crippen LogP contribution in [0.2, 0.25) is 0 Å². The van der Waals surface area contributed by atoms with E-state index >= 15 is 0 Å². The minimum atomic E-state index is -3.46. The lowest BCUT2D eigenvalue weighted by Gasteiger charge is -2.28. The molecule has 0 heterocycles. The molecule has 0 saturated carbocycles. The van der Waals surface area contributed by atoms with E-state index in [0.717, 1.165) is 5.56 Å². The first kappa shape index (κ1) is 17.5. The van der Waals surface area contributed by atoms with Gasteiger partial charge < -0.3 is 19.5 Å². The lowest BCUT2D eigenvalue weighted by Crippen LogP contribution is -2.15. The zero-order chi connectivity index (χ0) is 16.7. The molecule has 0 radical (unpaired) electrons. The van der Waals surface area contributed by atoms with Crippen LogP contribution in [0.5, 0.6) is 5.75 Å². The summed E-state index contributed by atoms with van der Waals surface area (Å²) in [5.41, 5.74) is 1.24. The van der Waals surface area contributed by atoms with Gasteiger partial charge in [-0.2, -0.15) is 0 Å². The van der Waals surface area contributed by atoms with Crippen LogP contribution in [0.25, 0.3) is 0 Å². The van der Waals surface area contributed by atoms with Crippen molar-refractivity contribution in [3.63, 3.8) is 0 Å². The lowest BCUT2D eigenvalue weighted by atomic mass is 10.2. The Morgan fingerprint density at radius 3 is 2.13 bits per heavy atom. The minimum absolute atomic E-state index is 0.0768. The van der Waals surface area contributed by atoms with E-state index in [2.05, 4.69) is 5.32 Å². The van der Waals surface area contributed by atoms with Crippen LogP contribution in [0.15, 0.2) is 54.6 Å². The molecule has 1 unspecified atom stereocenters. The molecular weight excluding hydrogens is 313 g/mol. The highest BCUT2D eigenvalue weighted by Gasteiger charge is 2.37. The molecule has 2 N–H and O–H groups in total. The fourth-order valence-electron chi connectivity index (χ4n) is 2.27. The summed E-state index contributed by atoms with van der Waals surface area (Å²) in [6.45, 7) is 4.08. The van der Waals surface area contributed by atoms with E-state index in [0.29, 0.717) is 5.69 Å². The Morgan fingerprint density at radius 1 is 1.00 bits per heavy atom. The Balaban J connectivity index is 2.43. The molecule has 124 valence electrons. The number of para-hydroxylation sites is 2. The summed E-state index contributed by atoms with van der Waals surface area (Å²) in [6, 6.07) is 16.1. The number of rotatable bonds is 8.